The lowest BCUT2D eigenvalue weighted by atomic mass is 9.49. The van der Waals surface area contributed by atoms with Crippen LogP contribution in [0.2, 0.25) is 10.0 Å². The normalized spacial score (nSPS) is 24.0. The second kappa shape index (κ2) is 16.6. The summed E-state index contributed by atoms with van der Waals surface area (Å²) in [5.74, 6) is -4.29. The minimum absolute atomic E-state index is 0.0612. The van der Waals surface area contributed by atoms with E-state index >= 15 is 9.59 Å². The van der Waals surface area contributed by atoms with Crippen molar-refractivity contribution in [3.05, 3.63) is 152 Å². The maximum Gasteiger partial charge on any atom is 0.260 e. The molecule has 0 radical (unpaired) electrons. The number of hydrogen-bond acceptors (Lipinski definition) is 9. The van der Waals surface area contributed by atoms with Crippen molar-refractivity contribution in [1.29, 1.82) is 0 Å². The van der Waals surface area contributed by atoms with Crippen molar-refractivity contribution in [2.45, 2.75) is 24.2 Å². The molecule has 2 N–H and O–H groups in total. The minimum Gasteiger partial charge on any atom is -0.508 e. The molecule has 9 rings (SSSR count). The molecule has 4 amide bonds. The molecule has 5 aromatic carbocycles. The Morgan fingerprint density at radius 2 is 1.51 bits per heavy atom. The summed E-state index contributed by atoms with van der Waals surface area (Å²) in [6.07, 6.45) is 6.01. The van der Waals surface area contributed by atoms with Crippen LogP contribution in [0.5, 0.6) is 23.0 Å². The van der Waals surface area contributed by atoms with Gasteiger partial charge in [-0.15, -0.1) is 0 Å². The Kier molecular flexibility index (Phi) is 11.1. The number of anilines is 2. The Bertz CT molecular complexity index is 2760. The van der Waals surface area contributed by atoms with Gasteiger partial charge in [0.15, 0.2) is 0 Å². The maximum absolute atomic E-state index is 15.5. The predicted octanol–water partition coefficient (Wildman–Crippen LogP) is 9.85. The molecule has 2 heterocycles. The molecule has 14 heteroatoms. The van der Waals surface area contributed by atoms with Crippen LogP contribution in [0, 0.1) is 23.7 Å². The number of ether oxygens (including phenoxy) is 3. The van der Waals surface area contributed by atoms with E-state index in [9.17, 15) is 14.7 Å². The Labute approximate surface area is 381 Å². The summed E-state index contributed by atoms with van der Waals surface area (Å²) in [7, 11) is 4.73. The molecule has 2 aliphatic carbocycles. The Morgan fingerprint density at radius 3 is 2.21 bits per heavy atom. The molecule has 2 aliphatic heterocycles. The highest BCUT2D eigenvalue weighted by Crippen LogP contribution is 2.65. The Morgan fingerprint density at radius 1 is 0.778 bits per heavy atom. The van der Waals surface area contributed by atoms with Crippen molar-refractivity contribution < 1.29 is 38.5 Å². The Hall–Kier alpha value is -6.08. The molecular formula is C49H40BrCl2N3O8. The van der Waals surface area contributed by atoms with Crippen LogP contribution in [-0.2, 0) is 24.6 Å². The zero-order valence-corrected chi connectivity index (χ0v) is 37.3. The second-order valence-corrected chi connectivity index (χ2v) is 17.7. The van der Waals surface area contributed by atoms with Crippen molar-refractivity contribution in [2.24, 2.45) is 23.7 Å². The number of rotatable bonds is 10. The van der Waals surface area contributed by atoms with Gasteiger partial charge in [0.25, 0.3) is 11.8 Å². The van der Waals surface area contributed by atoms with Crippen molar-refractivity contribution >= 4 is 86.3 Å². The minimum atomic E-state index is -1.63. The van der Waals surface area contributed by atoms with E-state index in [0.717, 1.165) is 16.1 Å². The zero-order valence-electron chi connectivity index (χ0n) is 34.2. The summed E-state index contributed by atoms with van der Waals surface area (Å²) in [4.78, 5) is 61.2. The lowest BCUT2D eigenvalue weighted by Crippen LogP contribution is -2.53. The number of nitrogens with zero attached hydrogens (tertiary/aromatic N) is 2. The number of aromatic hydroxyl groups is 1. The molecule has 0 aromatic heterocycles. The Balaban J connectivity index is 1.13. The lowest BCUT2D eigenvalue weighted by molar-refractivity contribution is -0.138. The lowest BCUT2D eigenvalue weighted by Gasteiger charge is -2.50. The highest BCUT2D eigenvalue weighted by molar-refractivity contribution is 9.10. The van der Waals surface area contributed by atoms with Gasteiger partial charge in [-0.25, -0.2) is 0 Å². The first-order valence-corrected chi connectivity index (χ1v) is 21.7. The third-order valence-electron chi connectivity index (χ3n) is 12.9. The molecule has 2 saturated heterocycles. The maximum atomic E-state index is 15.5. The van der Waals surface area contributed by atoms with Crippen LogP contribution >= 0.6 is 39.1 Å². The summed E-state index contributed by atoms with van der Waals surface area (Å²) in [6, 6.07) is 29.3. The van der Waals surface area contributed by atoms with E-state index in [1.165, 1.54) is 24.1 Å². The van der Waals surface area contributed by atoms with E-state index in [2.05, 4.69) is 21.4 Å². The number of hydrogen-bond donors (Lipinski definition) is 2. The molecular weight excluding hydrogens is 909 g/mol. The number of halogens is 3. The van der Waals surface area contributed by atoms with E-state index in [0.29, 0.717) is 49.1 Å². The summed E-state index contributed by atoms with van der Waals surface area (Å²) in [5, 5.41) is 13.3. The number of carbonyl (C=O) groups is 4. The molecule has 63 heavy (non-hydrogen) atoms. The second-order valence-electron chi connectivity index (χ2n) is 16.0. The fraction of sp³-hybridized carbons (Fsp3) is 0.224. The monoisotopic (exact) mass is 947 g/mol. The van der Waals surface area contributed by atoms with Gasteiger partial charge in [0.05, 0.1) is 60.9 Å². The van der Waals surface area contributed by atoms with Gasteiger partial charge in [-0.05, 0) is 109 Å². The summed E-state index contributed by atoms with van der Waals surface area (Å²) < 4.78 is 17.0. The standard InChI is InChI=1S/C49H40BrCl2N3O8/c1-61-32-14-8-28(9-15-32)49-38(46(58)55(48(49)60)53-40-19-11-30(51)24-39(40)52)25-36-34(44(49)37-23-29(50)10-20-41(37)56)17-18-35-43(36)47(59)54(45(35)57)31-12-5-26(6-13-31)4-7-27-22-33(62-2)16-21-42(27)63-3/h4-17,19-24,35-36,38,43-44,53,56H,18,25H2,1-3H3/t35-,36+,38-,43-,44+,49+/m0/s1. The van der Waals surface area contributed by atoms with Crippen LogP contribution < -0.4 is 24.5 Å². The van der Waals surface area contributed by atoms with Gasteiger partial charge in [-0.1, -0.05) is 87.2 Å². The molecule has 0 unspecified atom stereocenters. The first-order chi connectivity index (χ1) is 30.4. The highest BCUT2D eigenvalue weighted by Gasteiger charge is 2.70. The van der Waals surface area contributed by atoms with Gasteiger partial charge in [0.2, 0.25) is 11.8 Å². The number of amides is 4. The van der Waals surface area contributed by atoms with Gasteiger partial charge in [0, 0.05) is 26.5 Å². The number of fused-ring (bicyclic) bond motifs is 4. The third-order valence-corrected chi connectivity index (χ3v) is 14.0. The first-order valence-electron chi connectivity index (χ1n) is 20.2. The topological polar surface area (TPSA) is 135 Å². The first kappa shape index (κ1) is 42.2. The molecule has 0 bridgehead atoms. The molecule has 3 fully saturated rings. The summed E-state index contributed by atoms with van der Waals surface area (Å²) >= 11 is 16.4. The van der Waals surface area contributed by atoms with Crippen molar-refractivity contribution in [3.8, 4) is 23.0 Å². The number of imide groups is 2. The molecule has 6 atom stereocenters. The van der Waals surface area contributed by atoms with Crippen LogP contribution in [0.25, 0.3) is 12.2 Å². The third kappa shape index (κ3) is 6.95. The van der Waals surface area contributed by atoms with E-state index in [1.54, 1.807) is 74.9 Å². The molecule has 1 saturated carbocycles. The number of nitrogens with one attached hydrogen (secondary N) is 1. The van der Waals surface area contributed by atoms with Gasteiger partial charge in [-0.2, -0.15) is 5.01 Å². The van der Waals surface area contributed by atoms with Crippen molar-refractivity contribution in [1.82, 2.24) is 5.01 Å². The average Bonchev–Trinajstić information content (AvgIpc) is 3.67. The molecule has 320 valence electrons. The van der Waals surface area contributed by atoms with Gasteiger partial charge >= 0.3 is 0 Å². The number of allylic oxidation sites excluding steroid dienone is 2. The summed E-state index contributed by atoms with van der Waals surface area (Å²) in [6.45, 7) is 0. The van der Waals surface area contributed by atoms with Gasteiger partial charge < -0.3 is 19.3 Å². The SMILES string of the molecule is COc1ccc([C@@]23C(=O)N(Nc4ccc(Cl)cc4Cl)C(=O)[C@@H]2C[C@@H]2C(=CC[C@@H]4C(=O)N(c5ccc(C=Cc6cc(OC)ccc6OC)cc5)C(=O)[C@@H]42)[C@@H]3c2cc(Br)ccc2O)cc1. The number of methoxy groups -OCH3 is 3. The number of hydrazine groups is 1. The van der Waals surface area contributed by atoms with Crippen LogP contribution in [0.4, 0.5) is 11.4 Å². The number of phenolic OH excluding ortho intramolecular Hbond substituents is 1. The van der Waals surface area contributed by atoms with E-state index in [4.69, 9.17) is 37.4 Å². The summed E-state index contributed by atoms with van der Waals surface area (Å²) in [5.41, 5.74) is 5.29. The highest BCUT2D eigenvalue weighted by atomic mass is 79.9. The fourth-order valence-electron chi connectivity index (χ4n) is 10.1. The van der Waals surface area contributed by atoms with E-state index in [-0.39, 0.29) is 41.1 Å². The fourth-order valence-corrected chi connectivity index (χ4v) is 10.9. The van der Waals surface area contributed by atoms with Gasteiger partial charge in [-0.3, -0.25) is 29.5 Å². The molecule has 4 aliphatic rings. The average molecular weight is 950 g/mol. The number of carbonyl (C=O) groups excluding carboxylic acids is 4. The molecule has 0 spiro atoms. The predicted molar refractivity (Wildman–Crippen MR) is 244 cm³/mol. The van der Waals surface area contributed by atoms with Gasteiger partial charge in [0.1, 0.15) is 23.0 Å². The van der Waals surface area contributed by atoms with Crippen molar-refractivity contribution in [2.75, 3.05) is 31.7 Å². The molecule has 11 nitrogen and oxygen atoms in total. The van der Waals surface area contributed by atoms with Crippen LogP contribution in [-0.4, -0.2) is 55.1 Å². The molecule has 5 aromatic rings. The van der Waals surface area contributed by atoms with Crippen LogP contribution in [0.1, 0.15) is 41.0 Å². The van der Waals surface area contributed by atoms with Crippen molar-refractivity contribution in [3.63, 3.8) is 0 Å². The van der Waals surface area contributed by atoms with E-state index in [1.807, 2.05) is 48.6 Å². The van der Waals surface area contributed by atoms with Crippen LogP contribution in [0.15, 0.2) is 119 Å². The van der Waals surface area contributed by atoms with Crippen LogP contribution in [0.3, 0.4) is 0 Å². The largest absolute Gasteiger partial charge is 0.508 e. The number of phenols is 1. The number of benzene rings is 5. The van der Waals surface area contributed by atoms with E-state index < -0.39 is 46.8 Å². The zero-order chi connectivity index (χ0) is 44.3. The smallest absolute Gasteiger partial charge is 0.260 e. The quantitative estimate of drug-likeness (QED) is 0.0797.